The van der Waals surface area contributed by atoms with Crippen LogP contribution in [0.25, 0.3) is 0 Å². The molecule has 0 saturated heterocycles. The summed E-state index contributed by atoms with van der Waals surface area (Å²) in [5.74, 6) is 0.157. The largest absolute Gasteiger partial charge is 0.338 e. The molecule has 98 valence electrons. The molecule has 1 aromatic carbocycles. The Hall–Kier alpha value is -1.62. The van der Waals surface area contributed by atoms with Crippen LogP contribution in [0.2, 0.25) is 0 Å². The van der Waals surface area contributed by atoms with Gasteiger partial charge in [0.2, 0.25) is 0 Å². The van der Waals surface area contributed by atoms with Crippen LogP contribution in [-0.4, -0.2) is 34.7 Å². The number of non-ortho nitro benzene ring substituents is 1. The molecule has 0 N–H and O–H groups in total. The normalized spacial score (nSPS) is 12.0. The first kappa shape index (κ1) is 14.4. The molecule has 0 fully saturated rings. The molecule has 0 spiro atoms. The molecule has 0 aromatic heterocycles. The van der Waals surface area contributed by atoms with Crippen molar-refractivity contribution in [2.75, 3.05) is 12.9 Å². The third-order valence-corrected chi connectivity index (χ3v) is 3.30. The van der Waals surface area contributed by atoms with Gasteiger partial charge >= 0.3 is 0 Å². The highest BCUT2D eigenvalue weighted by Crippen LogP contribution is 2.19. The summed E-state index contributed by atoms with van der Waals surface area (Å²) in [4.78, 5) is 23.8. The molecule has 0 saturated carbocycles. The molecule has 1 atom stereocenters. The van der Waals surface area contributed by atoms with E-state index in [4.69, 9.17) is 11.6 Å². The van der Waals surface area contributed by atoms with Crippen molar-refractivity contribution in [3.8, 4) is 0 Å². The fourth-order valence-electron chi connectivity index (χ4n) is 1.50. The number of benzene rings is 1. The average Bonchev–Trinajstić information content (AvgIpc) is 2.35. The van der Waals surface area contributed by atoms with Crippen molar-refractivity contribution in [2.24, 2.45) is 0 Å². The maximum Gasteiger partial charge on any atom is 0.269 e. The van der Waals surface area contributed by atoms with Gasteiger partial charge in [-0.3, -0.25) is 14.9 Å². The number of nitro groups is 1. The molecular weight excluding hydrogens is 256 g/mol. The second kappa shape index (κ2) is 5.82. The number of rotatable bonds is 4. The van der Waals surface area contributed by atoms with Crippen LogP contribution in [0.4, 0.5) is 5.69 Å². The number of carbonyl (C=O) groups excluding carboxylic acids is 1. The van der Waals surface area contributed by atoms with Crippen LogP contribution in [0.5, 0.6) is 0 Å². The summed E-state index contributed by atoms with van der Waals surface area (Å²) >= 11 is 5.70. The van der Waals surface area contributed by atoms with E-state index in [0.717, 1.165) is 0 Å². The molecule has 6 heteroatoms. The molecule has 18 heavy (non-hydrogen) atoms. The second-order valence-corrected chi connectivity index (χ2v) is 4.48. The molecule has 1 unspecified atom stereocenters. The fourth-order valence-corrected chi connectivity index (χ4v) is 1.70. The molecule has 0 heterocycles. The zero-order chi connectivity index (χ0) is 13.9. The number of halogens is 1. The standard InChI is InChI=1S/C12H15ClN2O3/c1-8-6-10(15(17)18)4-5-11(8)12(16)14(3)9(2)7-13/h4-6,9H,7H2,1-3H3. The third kappa shape index (κ3) is 2.98. The van der Waals surface area contributed by atoms with Crippen molar-refractivity contribution in [1.29, 1.82) is 0 Å². The van der Waals surface area contributed by atoms with Crippen LogP contribution in [0.15, 0.2) is 18.2 Å². The van der Waals surface area contributed by atoms with Gasteiger partial charge in [-0.25, -0.2) is 0 Å². The number of aryl methyl sites for hydroxylation is 1. The quantitative estimate of drug-likeness (QED) is 0.480. The first-order chi connectivity index (χ1) is 8.38. The lowest BCUT2D eigenvalue weighted by Crippen LogP contribution is -2.36. The molecule has 1 rings (SSSR count). The number of amides is 1. The predicted octanol–water partition coefficient (Wildman–Crippen LogP) is 2.60. The van der Waals surface area contributed by atoms with E-state index < -0.39 is 4.92 Å². The monoisotopic (exact) mass is 270 g/mol. The number of alkyl halides is 1. The van der Waals surface area contributed by atoms with E-state index in [9.17, 15) is 14.9 Å². The minimum atomic E-state index is -0.480. The van der Waals surface area contributed by atoms with Gasteiger partial charge in [0.05, 0.1) is 4.92 Å². The van der Waals surface area contributed by atoms with E-state index in [1.54, 1.807) is 14.0 Å². The summed E-state index contributed by atoms with van der Waals surface area (Å²) in [6, 6.07) is 4.12. The average molecular weight is 271 g/mol. The molecule has 0 aliphatic carbocycles. The van der Waals surface area contributed by atoms with Crippen LogP contribution >= 0.6 is 11.6 Å². The molecule has 0 radical (unpaired) electrons. The SMILES string of the molecule is Cc1cc([N+](=O)[O-])ccc1C(=O)N(C)C(C)CCl. The highest BCUT2D eigenvalue weighted by Gasteiger charge is 2.19. The van der Waals surface area contributed by atoms with Crippen LogP contribution in [-0.2, 0) is 0 Å². The summed E-state index contributed by atoms with van der Waals surface area (Å²) in [6.45, 7) is 3.52. The maximum atomic E-state index is 12.1. The zero-order valence-electron chi connectivity index (χ0n) is 10.5. The summed E-state index contributed by atoms with van der Waals surface area (Å²) in [5, 5.41) is 10.6. The molecule has 1 aromatic rings. The highest BCUT2D eigenvalue weighted by molar-refractivity contribution is 6.18. The van der Waals surface area contributed by atoms with Crippen molar-refractivity contribution in [2.45, 2.75) is 19.9 Å². The molecule has 0 bridgehead atoms. The van der Waals surface area contributed by atoms with Gasteiger partial charge < -0.3 is 4.90 Å². The van der Waals surface area contributed by atoms with Gasteiger partial charge in [-0.15, -0.1) is 11.6 Å². The Balaban J connectivity index is 3.04. The van der Waals surface area contributed by atoms with Crippen molar-refractivity contribution in [1.82, 2.24) is 4.90 Å². The van der Waals surface area contributed by atoms with Gasteiger partial charge in [-0.2, -0.15) is 0 Å². The molecule has 0 aliphatic rings. The van der Waals surface area contributed by atoms with Crippen molar-refractivity contribution >= 4 is 23.2 Å². The van der Waals surface area contributed by atoms with Gasteiger partial charge in [0.1, 0.15) is 0 Å². The Bertz CT molecular complexity index is 476. The van der Waals surface area contributed by atoms with Crippen molar-refractivity contribution in [3.63, 3.8) is 0 Å². The van der Waals surface area contributed by atoms with E-state index in [1.807, 2.05) is 6.92 Å². The molecular formula is C12H15ClN2O3. The lowest BCUT2D eigenvalue weighted by molar-refractivity contribution is -0.384. The third-order valence-electron chi connectivity index (χ3n) is 2.86. The highest BCUT2D eigenvalue weighted by atomic mass is 35.5. The van der Waals surface area contributed by atoms with Gasteiger partial charge in [-0.1, -0.05) is 0 Å². The van der Waals surface area contributed by atoms with E-state index in [0.29, 0.717) is 17.0 Å². The van der Waals surface area contributed by atoms with E-state index in [2.05, 4.69) is 0 Å². The Morgan fingerprint density at radius 1 is 1.56 bits per heavy atom. The van der Waals surface area contributed by atoms with E-state index >= 15 is 0 Å². The summed E-state index contributed by atoms with van der Waals surface area (Å²) in [6.07, 6.45) is 0. The maximum absolute atomic E-state index is 12.1. The van der Waals surface area contributed by atoms with Crippen LogP contribution in [0, 0.1) is 17.0 Å². The summed E-state index contributed by atoms with van der Waals surface area (Å²) in [7, 11) is 1.66. The van der Waals surface area contributed by atoms with E-state index in [-0.39, 0.29) is 17.6 Å². The van der Waals surface area contributed by atoms with Gasteiger partial charge in [0, 0.05) is 36.7 Å². The van der Waals surface area contributed by atoms with Crippen molar-refractivity contribution in [3.05, 3.63) is 39.4 Å². The predicted molar refractivity (Wildman–Crippen MR) is 70.1 cm³/mol. The second-order valence-electron chi connectivity index (χ2n) is 4.18. The van der Waals surface area contributed by atoms with Crippen LogP contribution < -0.4 is 0 Å². The number of nitro benzene ring substituents is 1. The Kier molecular flexibility index (Phi) is 4.67. The van der Waals surface area contributed by atoms with Crippen LogP contribution in [0.1, 0.15) is 22.8 Å². The Labute approximate surface area is 110 Å². The lowest BCUT2D eigenvalue weighted by atomic mass is 10.1. The Morgan fingerprint density at radius 3 is 2.61 bits per heavy atom. The van der Waals surface area contributed by atoms with Crippen molar-refractivity contribution < 1.29 is 9.72 Å². The minimum Gasteiger partial charge on any atom is -0.338 e. The zero-order valence-corrected chi connectivity index (χ0v) is 11.3. The number of carbonyl (C=O) groups is 1. The molecule has 1 amide bonds. The number of hydrogen-bond donors (Lipinski definition) is 0. The molecule has 5 nitrogen and oxygen atoms in total. The summed E-state index contributed by atoms with van der Waals surface area (Å²) < 4.78 is 0. The fraction of sp³-hybridized carbons (Fsp3) is 0.417. The van der Waals surface area contributed by atoms with E-state index in [1.165, 1.54) is 23.1 Å². The lowest BCUT2D eigenvalue weighted by Gasteiger charge is -2.23. The number of hydrogen-bond acceptors (Lipinski definition) is 3. The van der Waals surface area contributed by atoms with Gasteiger partial charge in [-0.05, 0) is 25.5 Å². The van der Waals surface area contributed by atoms with Gasteiger partial charge in [0.15, 0.2) is 0 Å². The Morgan fingerprint density at radius 2 is 2.17 bits per heavy atom. The van der Waals surface area contributed by atoms with Gasteiger partial charge in [0.25, 0.3) is 11.6 Å². The molecule has 0 aliphatic heterocycles. The first-order valence-corrected chi connectivity index (χ1v) is 6.00. The first-order valence-electron chi connectivity index (χ1n) is 5.46. The summed E-state index contributed by atoms with van der Waals surface area (Å²) in [5.41, 5.74) is 1.03. The van der Waals surface area contributed by atoms with Crippen LogP contribution in [0.3, 0.4) is 0 Å². The minimum absolute atomic E-state index is 0.0166. The smallest absolute Gasteiger partial charge is 0.269 e. The topological polar surface area (TPSA) is 63.5 Å². The number of nitrogens with zero attached hydrogens (tertiary/aromatic N) is 2.